The molecule has 2 aliphatic heterocycles. The molecule has 6 nitrogen and oxygen atoms in total. The van der Waals surface area contributed by atoms with Gasteiger partial charge in [-0.3, -0.25) is 9.80 Å². The van der Waals surface area contributed by atoms with Crippen LogP contribution in [0.15, 0.2) is 30.3 Å². The molecule has 2 saturated heterocycles. The molecule has 2 atom stereocenters. The van der Waals surface area contributed by atoms with Crippen LogP contribution >= 0.6 is 0 Å². The van der Waals surface area contributed by atoms with E-state index in [0.717, 1.165) is 39.4 Å². The maximum atomic E-state index is 12.9. The number of rotatable bonds is 4. The van der Waals surface area contributed by atoms with Crippen molar-refractivity contribution in [1.82, 2.24) is 14.7 Å². The number of hydrogen-bond donors (Lipinski definition) is 0. The zero-order valence-electron chi connectivity index (χ0n) is 19.6. The summed E-state index contributed by atoms with van der Waals surface area (Å²) in [5, 5.41) is 0. The summed E-state index contributed by atoms with van der Waals surface area (Å²) in [6.45, 7) is 18.1. The number of piperazine rings is 1. The zero-order chi connectivity index (χ0) is 21.9. The first-order chi connectivity index (χ1) is 14.0. The molecule has 0 spiro atoms. The number of hydrogen-bond acceptors (Lipinski definition) is 5. The van der Waals surface area contributed by atoms with E-state index in [2.05, 4.69) is 60.9 Å². The number of amides is 1. The summed E-state index contributed by atoms with van der Waals surface area (Å²) >= 11 is 0. The van der Waals surface area contributed by atoms with E-state index in [-0.39, 0.29) is 23.7 Å². The fraction of sp³-hybridized carbons (Fsp3) is 0.708. The average molecular weight is 418 g/mol. The highest BCUT2D eigenvalue weighted by Gasteiger charge is 2.39. The van der Waals surface area contributed by atoms with Crippen molar-refractivity contribution in [3.05, 3.63) is 35.9 Å². The third kappa shape index (κ3) is 5.96. The second kappa shape index (κ2) is 9.25. The maximum absolute atomic E-state index is 12.9. The molecule has 2 heterocycles. The van der Waals surface area contributed by atoms with Crippen molar-refractivity contribution in [3.63, 3.8) is 0 Å². The molecule has 1 amide bonds. The number of benzene rings is 1. The van der Waals surface area contributed by atoms with Gasteiger partial charge in [0.25, 0.3) is 0 Å². The molecule has 6 heteroatoms. The van der Waals surface area contributed by atoms with E-state index in [1.165, 1.54) is 5.56 Å². The lowest BCUT2D eigenvalue weighted by molar-refractivity contribution is -0.0738. The Balaban J connectivity index is 1.78. The highest BCUT2D eigenvalue weighted by molar-refractivity contribution is 5.68. The highest BCUT2D eigenvalue weighted by Crippen LogP contribution is 2.25. The Morgan fingerprint density at radius 1 is 1.20 bits per heavy atom. The Labute approximate surface area is 182 Å². The lowest BCUT2D eigenvalue weighted by Gasteiger charge is -2.50. The molecule has 168 valence electrons. The van der Waals surface area contributed by atoms with E-state index >= 15 is 0 Å². The normalized spacial score (nSPS) is 25.9. The minimum absolute atomic E-state index is 0.00349. The molecule has 0 radical (unpaired) electrons. The van der Waals surface area contributed by atoms with Gasteiger partial charge in [-0.05, 0) is 47.1 Å². The summed E-state index contributed by atoms with van der Waals surface area (Å²) in [5.41, 5.74) is 0.817. The van der Waals surface area contributed by atoms with Crippen LogP contribution in [0.2, 0.25) is 0 Å². The number of carbonyl (C=O) groups is 1. The van der Waals surface area contributed by atoms with E-state index in [9.17, 15) is 4.79 Å². The third-order valence-electron chi connectivity index (χ3n) is 6.06. The van der Waals surface area contributed by atoms with Gasteiger partial charge in [0.1, 0.15) is 5.60 Å². The number of morpholine rings is 1. The van der Waals surface area contributed by atoms with Gasteiger partial charge in [0, 0.05) is 50.3 Å². The monoisotopic (exact) mass is 417 g/mol. The predicted molar refractivity (Wildman–Crippen MR) is 120 cm³/mol. The van der Waals surface area contributed by atoms with Gasteiger partial charge >= 0.3 is 6.09 Å². The molecule has 0 bridgehead atoms. The van der Waals surface area contributed by atoms with E-state index in [4.69, 9.17) is 9.47 Å². The quantitative estimate of drug-likeness (QED) is 0.749. The first kappa shape index (κ1) is 23.0. The van der Waals surface area contributed by atoms with Crippen LogP contribution in [-0.2, 0) is 16.0 Å². The van der Waals surface area contributed by atoms with Crippen LogP contribution in [0.25, 0.3) is 0 Å². The molecule has 2 fully saturated rings. The molecule has 1 aromatic carbocycles. The Morgan fingerprint density at radius 3 is 2.53 bits per heavy atom. The summed E-state index contributed by atoms with van der Waals surface area (Å²) < 4.78 is 11.4. The van der Waals surface area contributed by atoms with Crippen LogP contribution in [0.3, 0.4) is 0 Å². The highest BCUT2D eigenvalue weighted by atomic mass is 16.6. The Kier molecular flexibility index (Phi) is 7.10. The molecular weight excluding hydrogens is 378 g/mol. The van der Waals surface area contributed by atoms with Crippen LogP contribution in [-0.4, -0.2) is 83.4 Å². The van der Waals surface area contributed by atoms with Gasteiger partial charge in [-0.15, -0.1) is 0 Å². The van der Waals surface area contributed by atoms with Crippen molar-refractivity contribution in [3.8, 4) is 0 Å². The third-order valence-corrected chi connectivity index (χ3v) is 6.06. The van der Waals surface area contributed by atoms with E-state index in [1.54, 1.807) is 0 Å². The lowest BCUT2D eigenvalue weighted by atomic mass is 9.99. The van der Waals surface area contributed by atoms with Gasteiger partial charge in [-0.1, -0.05) is 30.3 Å². The second-order valence-corrected chi connectivity index (χ2v) is 10.4. The fourth-order valence-corrected chi connectivity index (χ4v) is 4.35. The largest absolute Gasteiger partial charge is 0.444 e. The van der Waals surface area contributed by atoms with Gasteiger partial charge in [-0.25, -0.2) is 4.79 Å². The first-order valence-corrected chi connectivity index (χ1v) is 11.2. The van der Waals surface area contributed by atoms with Crippen LogP contribution in [0.4, 0.5) is 4.79 Å². The fourth-order valence-electron chi connectivity index (χ4n) is 4.35. The van der Waals surface area contributed by atoms with E-state index in [0.29, 0.717) is 6.54 Å². The van der Waals surface area contributed by atoms with Crippen LogP contribution < -0.4 is 0 Å². The van der Waals surface area contributed by atoms with Crippen molar-refractivity contribution in [1.29, 1.82) is 0 Å². The molecule has 0 saturated carbocycles. The van der Waals surface area contributed by atoms with Crippen molar-refractivity contribution >= 4 is 6.09 Å². The van der Waals surface area contributed by atoms with Crippen molar-refractivity contribution in [2.24, 2.45) is 0 Å². The summed E-state index contributed by atoms with van der Waals surface area (Å²) in [4.78, 5) is 19.9. The van der Waals surface area contributed by atoms with Crippen molar-refractivity contribution < 1.29 is 14.3 Å². The summed E-state index contributed by atoms with van der Waals surface area (Å²) in [7, 11) is 0. The lowest BCUT2D eigenvalue weighted by Crippen LogP contribution is -2.64. The minimum Gasteiger partial charge on any atom is -0.444 e. The molecule has 0 N–H and O–H groups in total. The average Bonchev–Trinajstić information content (AvgIpc) is 2.64. The van der Waals surface area contributed by atoms with Gasteiger partial charge in [0.15, 0.2) is 0 Å². The summed E-state index contributed by atoms with van der Waals surface area (Å²) in [5.74, 6) is 0. The zero-order valence-corrected chi connectivity index (χ0v) is 19.6. The molecule has 3 rings (SSSR count). The van der Waals surface area contributed by atoms with E-state index < -0.39 is 5.60 Å². The van der Waals surface area contributed by atoms with Gasteiger partial charge in [0.05, 0.1) is 13.2 Å². The summed E-state index contributed by atoms with van der Waals surface area (Å²) in [6, 6.07) is 11.0. The molecular formula is C24H39N3O3. The van der Waals surface area contributed by atoms with Crippen LogP contribution in [0, 0.1) is 0 Å². The molecule has 2 aliphatic rings. The standard InChI is InChI=1S/C24H39N3O3/c1-19-14-25(15-20-10-8-7-9-11-20)21(16-26-12-13-29-18-24(26,5)6)17-27(19)22(28)30-23(2,3)4/h7-11,19,21H,12-18H2,1-6H3/t19-,21+/m1/s1. The minimum atomic E-state index is -0.486. The van der Waals surface area contributed by atoms with Crippen LogP contribution in [0.5, 0.6) is 0 Å². The maximum Gasteiger partial charge on any atom is 0.410 e. The smallest absolute Gasteiger partial charge is 0.410 e. The SMILES string of the molecule is C[C@@H]1CN(Cc2ccccc2)[C@@H](CN2CCOCC2(C)C)CN1C(=O)OC(C)(C)C. The Morgan fingerprint density at radius 2 is 1.90 bits per heavy atom. The number of carbonyl (C=O) groups excluding carboxylic acids is 1. The van der Waals surface area contributed by atoms with Gasteiger partial charge < -0.3 is 14.4 Å². The molecule has 0 aromatic heterocycles. The molecule has 0 unspecified atom stereocenters. The number of ether oxygens (including phenoxy) is 2. The van der Waals surface area contributed by atoms with Gasteiger partial charge in [-0.2, -0.15) is 0 Å². The van der Waals surface area contributed by atoms with Crippen LogP contribution in [0.1, 0.15) is 47.1 Å². The molecule has 0 aliphatic carbocycles. The second-order valence-electron chi connectivity index (χ2n) is 10.4. The van der Waals surface area contributed by atoms with Crippen molar-refractivity contribution in [2.45, 2.75) is 71.3 Å². The van der Waals surface area contributed by atoms with Gasteiger partial charge in [0.2, 0.25) is 0 Å². The van der Waals surface area contributed by atoms with E-state index in [1.807, 2.05) is 25.7 Å². The topological polar surface area (TPSA) is 45.2 Å². The Hall–Kier alpha value is -1.63. The predicted octanol–water partition coefficient (Wildman–Crippen LogP) is 3.61. The summed E-state index contributed by atoms with van der Waals surface area (Å²) in [6.07, 6.45) is -0.208. The Bertz CT molecular complexity index is 701. The first-order valence-electron chi connectivity index (χ1n) is 11.2. The molecule has 30 heavy (non-hydrogen) atoms. The number of nitrogens with zero attached hydrogens (tertiary/aromatic N) is 3. The molecule has 1 aromatic rings. The van der Waals surface area contributed by atoms with Crippen molar-refractivity contribution in [2.75, 3.05) is 39.4 Å².